The predicted molar refractivity (Wildman–Crippen MR) is 109 cm³/mol. The Balaban J connectivity index is 2.99. The van der Waals surface area contributed by atoms with Crippen molar-refractivity contribution in [3.05, 3.63) is 0 Å². The van der Waals surface area contributed by atoms with Gasteiger partial charge in [-0.3, -0.25) is 0 Å². The van der Waals surface area contributed by atoms with Crippen molar-refractivity contribution in [2.24, 2.45) is 5.92 Å². The number of hydrogen-bond acceptors (Lipinski definition) is 1. The maximum atomic E-state index is 10.3. The highest BCUT2D eigenvalue weighted by molar-refractivity contribution is 5.64. The van der Waals surface area contributed by atoms with E-state index in [9.17, 15) is 4.79 Å². The van der Waals surface area contributed by atoms with E-state index in [0.717, 1.165) is 18.8 Å². The summed E-state index contributed by atoms with van der Waals surface area (Å²) in [6.07, 6.45) is 22.2. The third-order valence-corrected chi connectivity index (χ3v) is 4.98. The molecule has 0 rings (SSSR count). The molecule has 0 aliphatic rings. The Labute approximate surface area is 157 Å². The first kappa shape index (κ1) is 24.3. The molecule has 3 heteroatoms. The zero-order valence-corrected chi connectivity index (χ0v) is 17.2. The fraction of sp³-hybridized carbons (Fsp3) is 0.955. The fourth-order valence-electron chi connectivity index (χ4n) is 3.35. The Morgan fingerprint density at radius 3 is 1.28 bits per heavy atom. The molecule has 0 aliphatic heterocycles. The molecule has 2 N–H and O–H groups in total. The first-order valence-electron chi connectivity index (χ1n) is 11.1. The highest BCUT2D eigenvalue weighted by Crippen LogP contribution is 2.14. The zero-order chi connectivity index (χ0) is 18.6. The number of nitrogens with one attached hydrogen (secondary N) is 1. The molecule has 0 aromatic rings. The molecular weight excluding hydrogens is 310 g/mol. The van der Waals surface area contributed by atoms with Crippen molar-refractivity contribution < 1.29 is 9.90 Å². The second-order valence-corrected chi connectivity index (χ2v) is 8.07. The van der Waals surface area contributed by atoms with Crippen LogP contribution in [0, 0.1) is 5.92 Å². The van der Waals surface area contributed by atoms with E-state index in [-0.39, 0.29) is 0 Å². The predicted octanol–water partition coefficient (Wildman–Crippen LogP) is 7.54. The average Bonchev–Trinajstić information content (AvgIpc) is 2.56. The van der Waals surface area contributed by atoms with Crippen LogP contribution in [0.2, 0.25) is 0 Å². The molecule has 0 unspecified atom stereocenters. The SMILES string of the molecule is CC(C)CCCCCCCCCCCCCCCCCCNC(=O)O. The van der Waals surface area contributed by atoms with E-state index in [1.807, 2.05) is 0 Å². The monoisotopic (exact) mass is 355 g/mol. The lowest BCUT2D eigenvalue weighted by molar-refractivity contribution is 0.194. The summed E-state index contributed by atoms with van der Waals surface area (Å²) < 4.78 is 0. The molecule has 25 heavy (non-hydrogen) atoms. The van der Waals surface area contributed by atoms with E-state index in [4.69, 9.17) is 5.11 Å². The number of carbonyl (C=O) groups is 1. The topological polar surface area (TPSA) is 49.3 Å². The maximum Gasteiger partial charge on any atom is 0.404 e. The molecule has 0 saturated heterocycles. The van der Waals surface area contributed by atoms with Gasteiger partial charge in [0.1, 0.15) is 0 Å². The molecule has 0 bridgehead atoms. The standard InChI is InChI=1S/C22H45NO2/c1-21(2)19-17-15-13-11-9-7-5-3-4-6-8-10-12-14-16-18-20-23-22(24)25/h21,23H,3-20H2,1-2H3,(H,24,25). The van der Waals surface area contributed by atoms with Crippen LogP contribution in [-0.4, -0.2) is 17.7 Å². The van der Waals surface area contributed by atoms with Gasteiger partial charge in [0.15, 0.2) is 0 Å². The molecule has 0 heterocycles. The van der Waals surface area contributed by atoms with Crippen molar-refractivity contribution in [1.82, 2.24) is 5.32 Å². The molecule has 0 aromatic carbocycles. The van der Waals surface area contributed by atoms with E-state index < -0.39 is 6.09 Å². The molecule has 150 valence electrons. The normalized spacial score (nSPS) is 11.2. The van der Waals surface area contributed by atoms with Crippen LogP contribution in [0.3, 0.4) is 0 Å². The van der Waals surface area contributed by atoms with Gasteiger partial charge in [-0.05, 0) is 12.3 Å². The van der Waals surface area contributed by atoms with Crippen LogP contribution in [0.15, 0.2) is 0 Å². The second kappa shape index (κ2) is 19.6. The Kier molecular flexibility index (Phi) is 19.0. The minimum absolute atomic E-state index is 0.604. The lowest BCUT2D eigenvalue weighted by Gasteiger charge is -2.05. The molecule has 0 aliphatic carbocycles. The van der Waals surface area contributed by atoms with Gasteiger partial charge in [-0.1, -0.05) is 117 Å². The molecular formula is C22H45NO2. The number of amides is 1. The van der Waals surface area contributed by atoms with Gasteiger partial charge >= 0.3 is 6.09 Å². The molecule has 3 nitrogen and oxygen atoms in total. The molecule has 0 aromatic heterocycles. The Hall–Kier alpha value is -0.730. The van der Waals surface area contributed by atoms with E-state index in [0.29, 0.717) is 6.54 Å². The number of carboxylic acid groups (broad SMARTS) is 1. The van der Waals surface area contributed by atoms with Gasteiger partial charge in [0, 0.05) is 6.54 Å². The summed E-state index contributed by atoms with van der Waals surface area (Å²) in [4.78, 5) is 10.3. The first-order valence-corrected chi connectivity index (χ1v) is 11.1. The van der Waals surface area contributed by atoms with Crippen LogP contribution < -0.4 is 5.32 Å². The summed E-state index contributed by atoms with van der Waals surface area (Å²) in [5.41, 5.74) is 0. The van der Waals surface area contributed by atoms with Gasteiger partial charge < -0.3 is 10.4 Å². The highest BCUT2D eigenvalue weighted by atomic mass is 16.4. The molecule has 0 spiro atoms. The van der Waals surface area contributed by atoms with Crippen LogP contribution in [-0.2, 0) is 0 Å². The average molecular weight is 356 g/mol. The Morgan fingerprint density at radius 2 is 0.960 bits per heavy atom. The lowest BCUT2D eigenvalue weighted by Crippen LogP contribution is -2.21. The van der Waals surface area contributed by atoms with Gasteiger partial charge in [-0.2, -0.15) is 0 Å². The Bertz CT molecular complexity index is 279. The largest absolute Gasteiger partial charge is 0.465 e. The van der Waals surface area contributed by atoms with Crippen molar-refractivity contribution in [3.8, 4) is 0 Å². The van der Waals surface area contributed by atoms with Gasteiger partial charge in [0.25, 0.3) is 0 Å². The van der Waals surface area contributed by atoms with Crippen LogP contribution >= 0.6 is 0 Å². The number of hydrogen-bond donors (Lipinski definition) is 2. The van der Waals surface area contributed by atoms with E-state index in [1.54, 1.807) is 0 Å². The number of unbranched alkanes of at least 4 members (excludes halogenated alkanes) is 15. The molecule has 0 atom stereocenters. The molecule has 0 radical (unpaired) electrons. The lowest BCUT2D eigenvalue weighted by atomic mass is 10.0. The minimum Gasteiger partial charge on any atom is -0.465 e. The summed E-state index contributed by atoms with van der Waals surface area (Å²) in [5, 5.41) is 10.9. The van der Waals surface area contributed by atoms with Gasteiger partial charge in [-0.15, -0.1) is 0 Å². The second-order valence-electron chi connectivity index (χ2n) is 8.07. The first-order chi connectivity index (χ1) is 12.1. The fourth-order valence-corrected chi connectivity index (χ4v) is 3.35. The third-order valence-electron chi connectivity index (χ3n) is 4.98. The highest BCUT2D eigenvalue weighted by Gasteiger charge is 1.97. The quantitative estimate of drug-likeness (QED) is 0.235. The summed E-state index contributed by atoms with van der Waals surface area (Å²) >= 11 is 0. The van der Waals surface area contributed by atoms with Crippen LogP contribution in [0.4, 0.5) is 4.79 Å². The molecule has 1 amide bonds. The third kappa shape index (κ3) is 23.3. The van der Waals surface area contributed by atoms with Gasteiger partial charge in [0.2, 0.25) is 0 Å². The maximum absolute atomic E-state index is 10.3. The van der Waals surface area contributed by atoms with Crippen LogP contribution in [0.1, 0.15) is 123 Å². The van der Waals surface area contributed by atoms with Crippen molar-refractivity contribution in [1.29, 1.82) is 0 Å². The van der Waals surface area contributed by atoms with Gasteiger partial charge in [-0.25, -0.2) is 4.79 Å². The smallest absolute Gasteiger partial charge is 0.404 e. The van der Waals surface area contributed by atoms with Crippen LogP contribution in [0.5, 0.6) is 0 Å². The van der Waals surface area contributed by atoms with E-state index >= 15 is 0 Å². The van der Waals surface area contributed by atoms with E-state index in [2.05, 4.69) is 19.2 Å². The summed E-state index contributed by atoms with van der Waals surface area (Å²) in [7, 11) is 0. The molecule has 0 fully saturated rings. The number of rotatable bonds is 19. The Morgan fingerprint density at radius 1 is 0.640 bits per heavy atom. The van der Waals surface area contributed by atoms with E-state index in [1.165, 1.54) is 96.3 Å². The summed E-state index contributed by atoms with van der Waals surface area (Å²) in [6, 6.07) is 0. The minimum atomic E-state index is -0.901. The summed E-state index contributed by atoms with van der Waals surface area (Å²) in [5.74, 6) is 0.876. The zero-order valence-electron chi connectivity index (χ0n) is 17.2. The van der Waals surface area contributed by atoms with Crippen molar-refractivity contribution in [2.45, 2.75) is 123 Å². The van der Waals surface area contributed by atoms with Crippen molar-refractivity contribution in [3.63, 3.8) is 0 Å². The summed E-state index contributed by atoms with van der Waals surface area (Å²) in [6.45, 7) is 5.25. The van der Waals surface area contributed by atoms with Crippen molar-refractivity contribution >= 4 is 6.09 Å². The van der Waals surface area contributed by atoms with Gasteiger partial charge in [0.05, 0.1) is 0 Å². The van der Waals surface area contributed by atoms with Crippen molar-refractivity contribution in [2.75, 3.05) is 6.54 Å². The molecule has 0 saturated carbocycles. The van der Waals surface area contributed by atoms with Crippen LogP contribution in [0.25, 0.3) is 0 Å².